The highest BCUT2D eigenvalue weighted by atomic mass is 35.5. The predicted molar refractivity (Wildman–Crippen MR) is 99.0 cm³/mol. The third-order valence-electron chi connectivity index (χ3n) is 3.70. The van der Waals surface area contributed by atoms with Gasteiger partial charge in [-0.1, -0.05) is 23.2 Å². The third kappa shape index (κ3) is 5.24. The van der Waals surface area contributed by atoms with Crippen LogP contribution in [0, 0.1) is 0 Å². The van der Waals surface area contributed by atoms with Crippen LogP contribution in [-0.2, 0) is 4.79 Å². The smallest absolute Gasteiger partial charge is 0.254 e. The number of carbonyl (C=O) groups excluding carboxylic acids is 2. The van der Waals surface area contributed by atoms with E-state index in [2.05, 4.69) is 5.32 Å². The van der Waals surface area contributed by atoms with Crippen LogP contribution < -0.4 is 11.1 Å². The van der Waals surface area contributed by atoms with Gasteiger partial charge in [0.2, 0.25) is 5.91 Å². The normalized spacial score (nSPS) is 17.4. The Bertz CT molecular complexity index is 617. The zero-order valence-electron chi connectivity index (χ0n) is 13.6. The first-order chi connectivity index (χ1) is 10.7. The van der Waals surface area contributed by atoms with Gasteiger partial charge in [0.05, 0.1) is 10.0 Å². The Balaban J connectivity index is 0.00000288. The van der Waals surface area contributed by atoms with Gasteiger partial charge >= 0.3 is 0 Å². The van der Waals surface area contributed by atoms with Gasteiger partial charge in [-0.3, -0.25) is 9.59 Å². The quantitative estimate of drug-likeness (QED) is 0.824. The Morgan fingerprint density at radius 3 is 2.58 bits per heavy atom. The Morgan fingerprint density at radius 1 is 1.33 bits per heavy atom. The van der Waals surface area contributed by atoms with E-state index in [9.17, 15) is 9.59 Å². The molecule has 0 aromatic heterocycles. The summed E-state index contributed by atoms with van der Waals surface area (Å²) in [6.45, 7) is 4.57. The molecule has 2 amide bonds. The van der Waals surface area contributed by atoms with Crippen LogP contribution in [0.1, 0.15) is 37.0 Å². The van der Waals surface area contributed by atoms with Crippen molar-refractivity contribution >= 4 is 47.4 Å². The van der Waals surface area contributed by atoms with Crippen LogP contribution in [-0.4, -0.2) is 41.4 Å². The molecule has 5 nitrogen and oxygen atoms in total. The molecule has 0 saturated carbocycles. The predicted octanol–water partition coefficient (Wildman–Crippen LogP) is 2.87. The number of amides is 2. The fraction of sp³-hybridized carbons (Fsp3) is 0.500. The summed E-state index contributed by atoms with van der Waals surface area (Å²) >= 11 is 11.8. The summed E-state index contributed by atoms with van der Waals surface area (Å²) in [6.07, 6.45) is 1.43. The van der Waals surface area contributed by atoms with Crippen molar-refractivity contribution in [2.75, 3.05) is 13.1 Å². The van der Waals surface area contributed by atoms with Crippen LogP contribution in [0.2, 0.25) is 10.0 Å². The van der Waals surface area contributed by atoms with Crippen LogP contribution in [0.3, 0.4) is 0 Å². The molecule has 1 aromatic carbocycles. The van der Waals surface area contributed by atoms with Gasteiger partial charge in [-0.2, -0.15) is 0 Å². The van der Waals surface area contributed by atoms with E-state index in [1.165, 1.54) is 6.07 Å². The summed E-state index contributed by atoms with van der Waals surface area (Å²) in [5.74, 6) is -0.386. The topological polar surface area (TPSA) is 75.4 Å². The van der Waals surface area contributed by atoms with E-state index in [1.54, 1.807) is 17.0 Å². The van der Waals surface area contributed by atoms with Crippen LogP contribution in [0.25, 0.3) is 0 Å². The lowest BCUT2D eigenvalue weighted by molar-refractivity contribution is -0.125. The molecule has 2 rings (SSSR count). The molecule has 1 heterocycles. The molecular weight excluding hydrogens is 373 g/mol. The number of benzene rings is 1. The molecule has 0 radical (unpaired) electrons. The lowest BCUT2D eigenvalue weighted by Crippen LogP contribution is -2.51. The number of carbonyl (C=O) groups is 2. The van der Waals surface area contributed by atoms with E-state index >= 15 is 0 Å². The summed E-state index contributed by atoms with van der Waals surface area (Å²) in [5, 5.41) is 3.53. The van der Waals surface area contributed by atoms with Crippen molar-refractivity contribution in [3.63, 3.8) is 0 Å². The van der Waals surface area contributed by atoms with E-state index in [-0.39, 0.29) is 24.2 Å². The van der Waals surface area contributed by atoms with Crippen molar-refractivity contribution in [1.82, 2.24) is 10.2 Å². The minimum Gasteiger partial charge on any atom is -0.352 e. The standard InChI is InChI=1S/C16H21Cl2N3O2.ClH/c1-16(2,19)9-20-14(22)13-4-3-7-21(13)15(23)10-5-6-11(17)12(18)8-10;/h5-6,8,13H,3-4,7,9,19H2,1-2H3,(H,20,22);1H. The molecule has 1 aliphatic heterocycles. The number of likely N-dealkylation sites (tertiary alicyclic amines) is 1. The fourth-order valence-corrected chi connectivity index (χ4v) is 2.81. The largest absolute Gasteiger partial charge is 0.352 e. The number of halogens is 3. The lowest BCUT2D eigenvalue weighted by atomic mass is 10.1. The summed E-state index contributed by atoms with van der Waals surface area (Å²) in [4.78, 5) is 26.6. The molecule has 1 atom stereocenters. The molecule has 1 aromatic rings. The average Bonchev–Trinajstić information content (AvgIpc) is 2.95. The first-order valence-corrected chi connectivity index (χ1v) is 8.27. The van der Waals surface area contributed by atoms with Crippen molar-refractivity contribution in [3.05, 3.63) is 33.8 Å². The lowest BCUT2D eigenvalue weighted by Gasteiger charge is -2.26. The van der Waals surface area contributed by atoms with E-state index in [0.29, 0.717) is 35.1 Å². The Kier molecular flexibility index (Phi) is 7.35. The van der Waals surface area contributed by atoms with Gasteiger partial charge in [0.15, 0.2) is 0 Å². The highest BCUT2D eigenvalue weighted by Crippen LogP contribution is 2.25. The number of nitrogens with zero attached hydrogens (tertiary/aromatic N) is 1. The van der Waals surface area contributed by atoms with Gasteiger partial charge in [0.25, 0.3) is 5.91 Å². The van der Waals surface area contributed by atoms with Crippen LogP contribution in [0.15, 0.2) is 18.2 Å². The van der Waals surface area contributed by atoms with Gasteiger partial charge in [-0.15, -0.1) is 12.4 Å². The van der Waals surface area contributed by atoms with Crippen molar-refractivity contribution < 1.29 is 9.59 Å². The van der Waals surface area contributed by atoms with Gasteiger partial charge < -0.3 is 16.0 Å². The molecule has 0 bridgehead atoms. The second-order valence-corrected chi connectivity index (χ2v) is 7.31. The minimum absolute atomic E-state index is 0. The maximum absolute atomic E-state index is 12.6. The summed E-state index contributed by atoms with van der Waals surface area (Å²) < 4.78 is 0. The summed E-state index contributed by atoms with van der Waals surface area (Å²) in [5.41, 5.74) is 5.81. The van der Waals surface area contributed by atoms with E-state index in [1.807, 2.05) is 13.8 Å². The molecule has 3 N–H and O–H groups in total. The van der Waals surface area contributed by atoms with Crippen molar-refractivity contribution in [3.8, 4) is 0 Å². The molecule has 24 heavy (non-hydrogen) atoms. The number of hydrogen-bond donors (Lipinski definition) is 2. The van der Waals surface area contributed by atoms with Crippen LogP contribution >= 0.6 is 35.6 Å². The van der Waals surface area contributed by atoms with Crippen LogP contribution in [0.4, 0.5) is 0 Å². The Morgan fingerprint density at radius 2 is 2.00 bits per heavy atom. The highest BCUT2D eigenvalue weighted by Gasteiger charge is 2.34. The number of rotatable bonds is 4. The van der Waals surface area contributed by atoms with Crippen molar-refractivity contribution in [1.29, 1.82) is 0 Å². The first kappa shape index (κ1) is 21.0. The maximum atomic E-state index is 12.6. The number of hydrogen-bond acceptors (Lipinski definition) is 3. The highest BCUT2D eigenvalue weighted by molar-refractivity contribution is 6.42. The second kappa shape index (κ2) is 8.39. The molecule has 0 spiro atoms. The summed E-state index contributed by atoms with van der Waals surface area (Å²) in [7, 11) is 0. The van der Waals surface area contributed by atoms with E-state index < -0.39 is 11.6 Å². The monoisotopic (exact) mass is 393 g/mol. The molecule has 1 saturated heterocycles. The van der Waals surface area contributed by atoms with Crippen LogP contribution in [0.5, 0.6) is 0 Å². The van der Waals surface area contributed by atoms with Gasteiger partial charge in [-0.25, -0.2) is 0 Å². The average molecular weight is 395 g/mol. The molecule has 1 aliphatic rings. The Hall–Kier alpha value is -1.01. The minimum atomic E-state index is -0.493. The zero-order valence-corrected chi connectivity index (χ0v) is 16.0. The zero-order chi connectivity index (χ0) is 17.2. The molecule has 8 heteroatoms. The number of nitrogens with one attached hydrogen (secondary N) is 1. The third-order valence-corrected chi connectivity index (χ3v) is 4.44. The van der Waals surface area contributed by atoms with Gasteiger partial charge in [-0.05, 0) is 44.9 Å². The molecule has 134 valence electrons. The molecule has 1 fully saturated rings. The SMILES string of the molecule is CC(C)(N)CNC(=O)C1CCCN1C(=O)c1ccc(Cl)c(Cl)c1.Cl. The molecule has 1 unspecified atom stereocenters. The van der Waals surface area contributed by atoms with Gasteiger partial charge in [0.1, 0.15) is 6.04 Å². The van der Waals surface area contributed by atoms with E-state index in [4.69, 9.17) is 28.9 Å². The maximum Gasteiger partial charge on any atom is 0.254 e. The van der Waals surface area contributed by atoms with Crippen molar-refractivity contribution in [2.24, 2.45) is 5.73 Å². The summed E-state index contributed by atoms with van der Waals surface area (Å²) in [6, 6.07) is 4.26. The first-order valence-electron chi connectivity index (χ1n) is 7.51. The number of nitrogens with two attached hydrogens (primary N) is 1. The molecular formula is C16H22Cl3N3O2. The van der Waals surface area contributed by atoms with E-state index in [0.717, 1.165) is 6.42 Å². The Labute approximate surface area is 158 Å². The van der Waals surface area contributed by atoms with Gasteiger partial charge in [0, 0.05) is 24.2 Å². The fourth-order valence-electron chi connectivity index (χ4n) is 2.51. The molecule has 0 aliphatic carbocycles. The van der Waals surface area contributed by atoms with Crippen molar-refractivity contribution in [2.45, 2.75) is 38.3 Å². The second-order valence-electron chi connectivity index (χ2n) is 6.49.